The van der Waals surface area contributed by atoms with E-state index in [1.54, 1.807) is 7.05 Å². The fourth-order valence-electron chi connectivity index (χ4n) is 2.15. The van der Waals surface area contributed by atoms with Crippen molar-refractivity contribution in [1.29, 1.82) is 0 Å². The molecule has 6 nitrogen and oxygen atoms in total. The van der Waals surface area contributed by atoms with Crippen LogP contribution in [-0.4, -0.2) is 34.1 Å². The lowest BCUT2D eigenvalue weighted by molar-refractivity contribution is -0.139. The second-order valence-corrected chi connectivity index (χ2v) is 5.01. The summed E-state index contributed by atoms with van der Waals surface area (Å²) in [6.45, 7) is 3.86. The molecular formula is C15H20N4O2. The molecule has 1 aromatic carbocycles. The van der Waals surface area contributed by atoms with Gasteiger partial charge in [-0.15, -0.1) is 0 Å². The van der Waals surface area contributed by atoms with E-state index in [9.17, 15) is 9.90 Å². The molecule has 0 unspecified atom stereocenters. The average Bonchev–Trinajstić information content (AvgIpc) is 2.50. The van der Waals surface area contributed by atoms with Gasteiger partial charge < -0.3 is 15.7 Å². The summed E-state index contributed by atoms with van der Waals surface area (Å²) in [5, 5.41) is 16.2. The van der Waals surface area contributed by atoms with E-state index < -0.39 is 12.0 Å². The summed E-state index contributed by atoms with van der Waals surface area (Å²) in [5.41, 5.74) is 0.771. The maximum Gasteiger partial charge on any atom is 0.326 e. The molecule has 0 fully saturated rings. The SMILES string of the molecule is CC[C@H](C)[C@H](Nc1nc(NC)c2ccccc2n1)C(=O)O. The topological polar surface area (TPSA) is 87.1 Å². The molecule has 0 bridgehead atoms. The van der Waals surface area contributed by atoms with E-state index in [0.717, 1.165) is 17.3 Å². The Bertz CT molecular complexity index is 645. The zero-order valence-corrected chi connectivity index (χ0v) is 12.4. The number of aliphatic carboxylic acids is 1. The first kappa shape index (κ1) is 15.0. The number of hydrogen-bond acceptors (Lipinski definition) is 5. The van der Waals surface area contributed by atoms with Gasteiger partial charge in [0.15, 0.2) is 0 Å². The van der Waals surface area contributed by atoms with Crippen LogP contribution in [0.3, 0.4) is 0 Å². The largest absolute Gasteiger partial charge is 0.480 e. The van der Waals surface area contributed by atoms with Crippen molar-refractivity contribution in [2.75, 3.05) is 17.7 Å². The molecule has 0 amide bonds. The Balaban J connectivity index is 2.39. The fraction of sp³-hybridized carbons (Fsp3) is 0.400. The number of benzene rings is 1. The maximum atomic E-state index is 11.4. The molecule has 0 spiro atoms. The molecule has 0 aliphatic carbocycles. The van der Waals surface area contributed by atoms with Crippen LogP contribution in [0.1, 0.15) is 20.3 Å². The molecule has 0 saturated heterocycles. The molecule has 0 aliphatic rings. The molecule has 2 rings (SSSR count). The minimum Gasteiger partial charge on any atom is -0.480 e. The minimum absolute atomic E-state index is 0.0180. The molecule has 0 radical (unpaired) electrons. The molecule has 21 heavy (non-hydrogen) atoms. The molecule has 112 valence electrons. The van der Waals surface area contributed by atoms with Gasteiger partial charge in [-0.1, -0.05) is 32.4 Å². The van der Waals surface area contributed by atoms with Gasteiger partial charge in [0.05, 0.1) is 5.52 Å². The number of carbonyl (C=O) groups is 1. The van der Waals surface area contributed by atoms with E-state index >= 15 is 0 Å². The first-order valence-electron chi connectivity index (χ1n) is 7.00. The zero-order chi connectivity index (χ0) is 15.4. The summed E-state index contributed by atoms with van der Waals surface area (Å²) in [4.78, 5) is 20.1. The fourth-order valence-corrected chi connectivity index (χ4v) is 2.15. The summed E-state index contributed by atoms with van der Waals surface area (Å²) >= 11 is 0. The normalized spacial score (nSPS) is 13.7. The van der Waals surface area contributed by atoms with Crippen LogP contribution in [0.2, 0.25) is 0 Å². The van der Waals surface area contributed by atoms with Crippen LogP contribution >= 0.6 is 0 Å². The van der Waals surface area contributed by atoms with Gasteiger partial charge in [0.25, 0.3) is 0 Å². The van der Waals surface area contributed by atoms with Gasteiger partial charge in [0.2, 0.25) is 5.95 Å². The number of fused-ring (bicyclic) bond motifs is 1. The molecule has 0 aliphatic heterocycles. The number of nitrogens with zero attached hydrogens (tertiary/aromatic N) is 2. The smallest absolute Gasteiger partial charge is 0.326 e. The lowest BCUT2D eigenvalue weighted by Crippen LogP contribution is -2.36. The highest BCUT2D eigenvalue weighted by Gasteiger charge is 2.24. The first-order valence-corrected chi connectivity index (χ1v) is 7.00. The number of hydrogen-bond donors (Lipinski definition) is 3. The van der Waals surface area contributed by atoms with Crippen LogP contribution in [0.5, 0.6) is 0 Å². The number of para-hydroxylation sites is 1. The molecule has 0 saturated carbocycles. The third-order valence-electron chi connectivity index (χ3n) is 3.60. The monoisotopic (exact) mass is 288 g/mol. The molecule has 2 aromatic rings. The number of nitrogens with one attached hydrogen (secondary N) is 2. The summed E-state index contributed by atoms with van der Waals surface area (Å²) in [7, 11) is 1.78. The van der Waals surface area contributed by atoms with E-state index in [2.05, 4.69) is 20.6 Å². The zero-order valence-electron chi connectivity index (χ0n) is 12.4. The summed E-state index contributed by atoms with van der Waals surface area (Å²) in [5.74, 6) is 0.0878. The second-order valence-electron chi connectivity index (χ2n) is 5.01. The molecule has 1 aromatic heterocycles. The molecule has 6 heteroatoms. The van der Waals surface area contributed by atoms with E-state index in [4.69, 9.17) is 0 Å². The Hall–Kier alpha value is -2.37. The highest BCUT2D eigenvalue weighted by atomic mass is 16.4. The van der Waals surface area contributed by atoms with Crippen molar-refractivity contribution in [3.63, 3.8) is 0 Å². The van der Waals surface area contributed by atoms with Crippen LogP contribution in [-0.2, 0) is 4.79 Å². The van der Waals surface area contributed by atoms with Crippen molar-refractivity contribution < 1.29 is 9.90 Å². The number of carboxylic acid groups (broad SMARTS) is 1. The molecular weight excluding hydrogens is 268 g/mol. The Morgan fingerprint density at radius 1 is 1.33 bits per heavy atom. The Morgan fingerprint density at radius 2 is 2.05 bits per heavy atom. The third kappa shape index (κ3) is 3.21. The van der Waals surface area contributed by atoms with E-state index in [0.29, 0.717) is 11.8 Å². The van der Waals surface area contributed by atoms with Crippen molar-refractivity contribution in [2.24, 2.45) is 5.92 Å². The van der Waals surface area contributed by atoms with Crippen molar-refractivity contribution in [2.45, 2.75) is 26.3 Å². The highest BCUT2D eigenvalue weighted by molar-refractivity contribution is 5.90. The Morgan fingerprint density at radius 3 is 2.67 bits per heavy atom. The van der Waals surface area contributed by atoms with Gasteiger partial charge in [0, 0.05) is 12.4 Å². The Labute approximate surface area is 123 Å². The van der Waals surface area contributed by atoms with Gasteiger partial charge in [-0.3, -0.25) is 0 Å². The summed E-state index contributed by atoms with van der Waals surface area (Å²) < 4.78 is 0. The third-order valence-corrected chi connectivity index (χ3v) is 3.60. The van der Waals surface area contributed by atoms with Crippen LogP contribution in [0.15, 0.2) is 24.3 Å². The predicted octanol–water partition coefficient (Wildman–Crippen LogP) is 2.58. The van der Waals surface area contributed by atoms with Gasteiger partial charge in [0.1, 0.15) is 11.9 Å². The first-order chi connectivity index (χ1) is 10.1. The van der Waals surface area contributed by atoms with Crippen LogP contribution in [0.25, 0.3) is 10.9 Å². The van der Waals surface area contributed by atoms with Crippen molar-refractivity contribution >= 4 is 28.6 Å². The highest BCUT2D eigenvalue weighted by Crippen LogP contribution is 2.22. The number of anilines is 2. The molecule has 2 atom stereocenters. The van der Waals surface area contributed by atoms with Gasteiger partial charge in [-0.2, -0.15) is 4.98 Å². The van der Waals surface area contributed by atoms with Crippen LogP contribution in [0, 0.1) is 5.92 Å². The van der Waals surface area contributed by atoms with Crippen LogP contribution < -0.4 is 10.6 Å². The number of aromatic nitrogens is 2. The van der Waals surface area contributed by atoms with Crippen molar-refractivity contribution in [3.05, 3.63) is 24.3 Å². The van der Waals surface area contributed by atoms with Crippen molar-refractivity contribution in [3.8, 4) is 0 Å². The van der Waals surface area contributed by atoms with E-state index in [1.165, 1.54) is 0 Å². The number of carboxylic acids is 1. The van der Waals surface area contributed by atoms with Gasteiger partial charge in [-0.05, 0) is 18.1 Å². The minimum atomic E-state index is -0.896. The second kappa shape index (κ2) is 6.39. The van der Waals surface area contributed by atoms with Gasteiger partial charge >= 0.3 is 5.97 Å². The predicted molar refractivity (Wildman–Crippen MR) is 83.6 cm³/mol. The maximum absolute atomic E-state index is 11.4. The summed E-state index contributed by atoms with van der Waals surface area (Å²) in [6, 6.07) is 6.90. The lowest BCUT2D eigenvalue weighted by Gasteiger charge is -2.20. The Kier molecular flexibility index (Phi) is 4.57. The quantitative estimate of drug-likeness (QED) is 0.757. The number of rotatable bonds is 6. The van der Waals surface area contributed by atoms with Crippen LogP contribution in [0.4, 0.5) is 11.8 Å². The molecule has 3 N–H and O–H groups in total. The van der Waals surface area contributed by atoms with E-state index in [1.807, 2.05) is 38.1 Å². The van der Waals surface area contributed by atoms with Gasteiger partial charge in [-0.25, -0.2) is 9.78 Å². The molecule has 1 heterocycles. The van der Waals surface area contributed by atoms with Crippen molar-refractivity contribution in [1.82, 2.24) is 9.97 Å². The van der Waals surface area contributed by atoms with E-state index in [-0.39, 0.29) is 5.92 Å². The summed E-state index contributed by atoms with van der Waals surface area (Å²) in [6.07, 6.45) is 0.760. The lowest BCUT2D eigenvalue weighted by atomic mass is 9.99. The standard InChI is InChI=1S/C15H20N4O2/c1-4-9(2)12(14(20)21)18-15-17-11-8-6-5-7-10(11)13(16-3)19-15/h5-9,12H,4H2,1-3H3,(H,20,21)(H2,16,17,18,19)/t9-,12-/m0/s1. The average molecular weight is 288 g/mol.